The van der Waals surface area contributed by atoms with Crippen molar-refractivity contribution in [2.45, 2.75) is 58.2 Å². The molecule has 0 unspecified atom stereocenters. The van der Waals surface area contributed by atoms with E-state index in [2.05, 4.69) is 15.1 Å². The van der Waals surface area contributed by atoms with Crippen molar-refractivity contribution in [2.24, 2.45) is 0 Å². The lowest BCUT2D eigenvalue weighted by Crippen LogP contribution is -2.42. The first kappa shape index (κ1) is 34.5. The van der Waals surface area contributed by atoms with Crippen LogP contribution in [0.4, 0.5) is 16.2 Å². The summed E-state index contributed by atoms with van der Waals surface area (Å²) in [5.74, 6) is -0.212. The molecule has 0 saturated carbocycles. The van der Waals surface area contributed by atoms with Gasteiger partial charge in [0, 0.05) is 64.5 Å². The summed E-state index contributed by atoms with van der Waals surface area (Å²) in [6, 6.07) is 25.0. The first-order chi connectivity index (χ1) is 22.0. The molecule has 0 aliphatic carbocycles. The summed E-state index contributed by atoms with van der Waals surface area (Å²) in [6.07, 6.45) is 2.15. The van der Waals surface area contributed by atoms with Gasteiger partial charge >= 0.3 is 12.1 Å². The standard InChI is InChI=1S/C37H48N4O5/c1-37(2,3)46-35(43)29-17-19-30(20-18-29)39(4)23-11-16-34(42)40(5)26-27-41-24-21-31(22-25-41)45-36(44)38-33-15-10-9-14-32(33)28-12-7-6-8-13-28/h6-10,12-15,17-20,31H,11,16,21-27H2,1-5H3,(H,38,44). The monoisotopic (exact) mass is 628 g/mol. The van der Waals surface area contributed by atoms with Crippen molar-refractivity contribution in [3.05, 3.63) is 84.4 Å². The highest BCUT2D eigenvalue weighted by atomic mass is 16.6. The van der Waals surface area contributed by atoms with Crippen molar-refractivity contribution >= 4 is 29.3 Å². The summed E-state index contributed by atoms with van der Waals surface area (Å²) < 4.78 is 11.2. The summed E-state index contributed by atoms with van der Waals surface area (Å²) in [4.78, 5) is 44.0. The second-order valence-electron chi connectivity index (χ2n) is 12.9. The molecule has 3 aromatic rings. The molecule has 1 saturated heterocycles. The number of likely N-dealkylation sites (tertiary alicyclic amines) is 1. The Morgan fingerprint density at radius 2 is 1.52 bits per heavy atom. The molecule has 9 heteroatoms. The Hall–Kier alpha value is -4.37. The summed E-state index contributed by atoms with van der Waals surface area (Å²) >= 11 is 0. The third-order valence-corrected chi connectivity index (χ3v) is 8.06. The van der Waals surface area contributed by atoms with E-state index in [4.69, 9.17) is 9.47 Å². The van der Waals surface area contributed by atoms with Crippen LogP contribution in [-0.2, 0) is 14.3 Å². The summed E-state index contributed by atoms with van der Waals surface area (Å²) in [5, 5.41) is 2.93. The van der Waals surface area contributed by atoms with Crippen LogP contribution in [0.2, 0.25) is 0 Å². The lowest BCUT2D eigenvalue weighted by molar-refractivity contribution is -0.130. The van der Waals surface area contributed by atoms with Crippen LogP contribution in [0, 0.1) is 0 Å². The number of benzene rings is 3. The molecular formula is C37H48N4O5. The maximum Gasteiger partial charge on any atom is 0.411 e. The number of ether oxygens (including phenoxy) is 2. The van der Waals surface area contributed by atoms with Crippen LogP contribution in [0.3, 0.4) is 0 Å². The zero-order valence-electron chi connectivity index (χ0n) is 27.8. The van der Waals surface area contributed by atoms with Crippen molar-refractivity contribution in [3.63, 3.8) is 0 Å². The van der Waals surface area contributed by atoms with Crippen molar-refractivity contribution in [3.8, 4) is 11.1 Å². The third kappa shape index (κ3) is 10.6. The first-order valence-electron chi connectivity index (χ1n) is 16.1. The van der Waals surface area contributed by atoms with E-state index in [1.54, 1.807) is 17.0 Å². The lowest BCUT2D eigenvalue weighted by Gasteiger charge is -2.32. The number of anilines is 2. The fourth-order valence-electron chi connectivity index (χ4n) is 5.40. The first-order valence-corrected chi connectivity index (χ1v) is 16.1. The largest absolute Gasteiger partial charge is 0.456 e. The molecule has 2 amide bonds. The number of hydrogen-bond acceptors (Lipinski definition) is 7. The molecular weight excluding hydrogens is 580 g/mol. The molecule has 1 fully saturated rings. The fourth-order valence-corrected chi connectivity index (χ4v) is 5.40. The van der Waals surface area contributed by atoms with Crippen molar-refractivity contribution in [1.29, 1.82) is 0 Å². The molecule has 0 spiro atoms. The number of piperidine rings is 1. The van der Waals surface area contributed by atoms with E-state index in [9.17, 15) is 14.4 Å². The van der Waals surface area contributed by atoms with Crippen LogP contribution in [0.25, 0.3) is 11.1 Å². The highest BCUT2D eigenvalue weighted by Crippen LogP contribution is 2.28. The molecule has 0 bridgehead atoms. The Balaban J connectivity index is 1.11. The van der Waals surface area contributed by atoms with Gasteiger partial charge in [0.25, 0.3) is 0 Å². The SMILES string of the molecule is CN(CCN1CCC(OC(=O)Nc2ccccc2-c2ccccc2)CC1)C(=O)CCCN(C)c1ccc(C(=O)OC(C)(C)C)cc1. The van der Waals surface area contributed by atoms with Crippen molar-refractivity contribution < 1.29 is 23.9 Å². The van der Waals surface area contributed by atoms with Crippen LogP contribution in [-0.4, -0.2) is 86.3 Å². The molecule has 0 radical (unpaired) electrons. The zero-order chi connectivity index (χ0) is 33.1. The molecule has 0 atom stereocenters. The molecule has 3 aromatic carbocycles. The molecule has 1 N–H and O–H groups in total. The average Bonchev–Trinajstić information content (AvgIpc) is 3.04. The number of nitrogens with one attached hydrogen (secondary N) is 1. The second kappa shape index (κ2) is 16.3. The molecule has 1 aliphatic rings. The van der Waals surface area contributed by atoms with Crippen molar-refractivity contribution in [1.82, 2.24) is 9.80 Å². The Bertz CT molecular complexity index is 1430. The zero-order valence-corrected chi connectivity index (χ0v) is 27.8. The smallest absolute Gasteiger partial charge is 0.411 e. The molecule has 246 valence electrons. The van der Waals surface area contributed by atoms with Gasteiger partial charge in [-0.1, -0.05) is 48.5 Å². The number of para-hydroxylation sites is 1. The maximum atomic E-state index is 12.8. The normalized spacial score (nSPS) is 13.9. The van der Waals surface area contributed by atoms with Crippen LogP contribution in [0.5, 0.6) is 0 Å². The number of carbonyl (C=O) groups is 3. The Morgan fingerprint density at radius 3 is 2.20 bits per heavy atom. The predicted octanol–water partition coefficient (Wildman–Crippen LogP) is 6.70. The van der Waals surface area contributed by atoms with E-state index in [1.165, 1.54) is 0 Å². The fraction of sp³-hybridized carbons (Fsp3) is 0.432. The number of esters is 1. The summed E-state index contributed by atoms with van der Waals surface area (Å²) in [5.41, 5.74) is 3.68. The number of carbonyl (C=O) groups excluding carboxylic acids is 3. The molecule has 9 nitrogen and oxygen atoms in total. The van der Waals surface area contributed by atoms with Gasteiger partial charge in [-0.2, -0.15) is 0 Å². The second-order valence-corrected chi connectivity index (χ2v) is 12.9. The van der Waals surface area contributed by atoms with Gasteiger partial charge in [0.05, 0.1) is 11.3 Å². The number of hydrogen-bond donors (Lipinski definition) is 1. The predicted molar refractivity (Wildman–Crippen MR) is 183 cm³/mol. The minimum absolute atomic E-state index is 0.124. The molecule has 46 heavy (non-hydrogen) atoms. The lowest BCUT2D eigenvalue weighted by atomic mass is 10.0. The quantitative estimate of drug-likeness (QED) is 0.223. The highest BCUT2D eigenvalue weighted by Gasteiger charge is 2.23. The van der Waals surface area contributed by atoms with Crippen LogP contribution < -0.4 is 10.2 Å². The maximum absolute atomic E-state index is 12.8. The van der Waals surface area contributed by atoms with Gasteiger partial charge in [0.1, 0.15) is 11.7 Å². The van der Waals surface area contributed by atoms with Gasteiger partial charge in [-0.05, 0) is 75.9 Å². The van der Waals surface area contributed by atoms with Crippen LogP contribution >= 0.6 is 0 Å². The van der Waals surface area contributed by atoms with E-state index in [-0.39, 0.29) is 18.0 Å². The third-order valence-electron chi connectivity index (χ3n) is 8.06. The van der Waals surface area contributed by atoms with E-state index >= 15 is 0 Å². The van der Waals surface area contributed by atoms with Gasteiger partial charge in [-0.3, -0.25) is 10.1 Å². The van der Waals surface area contributed by atoms with Gasteiger partial charge < -0.3 is 24.2 Å². The number of nitrogens with zero attached hydrogens (tertiary/aromatic N) is 3. The Labute approximate surface area is 273 Å². The Kier molecular flexibility index (Phi) is 12.2. The van der Waals surface area contributed by atoms with Gasteiger partial charge in [-0.25, -0.2) is 9.59 Å². The van der Waals surface area contributed by atoms with E-state index in [0.29, 0.717) is 18.5 Å². The minimum Gasteiger partial charge on any atom is -0.456 e. The average molecular weight is 629 g/mol. The van der Waals surface area contributed by atoms with Crippen molar-refractivity contribution in [2.75, 3.05) is 57.0 Å². The van der Waals surface area contributed by atoms with Crippen LogP contribution in [0.1, 0.15) is 56.8 Å². The van der Waals surface area contributed by atoms with Crippen LogP contribution in [0.15, 0.2) is 78.9 Å². The summed E-state index contributed by atoms with van der Waals surface area (Å²) in [6.45, 7) is 9.35. The van der Waals surface area contributed by atoms with E-state index in [1.807, 2.05) is 102 Å². The topological polar surface area (TPSA) is 91.4 Å². The highest BCUT2D eigenvalue weighted by molar-refractivity contribution is 5.91. The van der Waals surface area contributed by atoms with E-state index < -0.39 is 11.7 Å². The van der Waals surface area contributed by atoms with Gasteiger partial charge in [-0.15, -0.1) is 0 Å². The molecule has 4 rings (SSSR count). The summed E-state index contributed by atoms with van der Waals surface area (Å²) in [7, 11) is 3.84. The molecule has 0 aromatic heterocycles. The molecule has 1 heterocycles. The number of amides is 2. The number of likely N-dealkylation sites (N-methyl/N-ethyl adjacent to an activating group) is 1. The molecule has 1 aliphatic heterocycles. The van der Waals surface area contributed by atoms with Gasteiger partial charge in [0.2, 0.25) is 5.91 Å². The van der Waals surface area contributed by atoms with Gasteiger partial charge in [0.15, 0.2) is 0 Å². The van der Waals surface area contributed by atoms with E-state index in [0.717, 1.165) is 67.9 Å². The minimum atomic E-state index is -0.533. The Morgan fingerprint density at radius 1 is 0.870 bits per heavy atom. The number of rotatable bonds is 12.